The molecule has 0 aromatic heterocycles. The first-order valence-corrected chi connectivity index (χ1v) is 7.54. The Morgan fingerprint density at radius 1 is 0.800 bits per heavy atom. The second-order valence-corrected chi connectivity index (χ2v) is 5.45. The quantitative estimate of drug-likeness (QED) is 0.653. The molecule has 0 nitrogen and oxygen atoms in total. The highest BCUT2D eigenvalue weighted by Gasteiger charge is 2.06. The lowest BCUT2D eigenvalue weighted by atomic mass is 9.94. The first-order valence-electron chi connectivity index (χ1n) is 7.54. The minimum Gasteiger partial charge on any atom is -0.207 e. The lowest BCUT2D eigenvalue weighted by Gasteiger charge is -2.11. The number of rotatable bonds is 5. The van der Waals surface area contributed by atoms with Gasteiger partial charge in [-0.15, -0.1) is 0 Å². The smallest absolute Gasteiger partial charge is 0.126 e. The molecule has 0 fully saturated rings. The Hall–Kier alpha value is -1.63. The van der Waals surface area contributed by atoms with E-state index in [0.29, 0.717) is 5.56 Å². The van der Waals surface area contributed by atoms with E-state index in [0.717, 1.165) is 36.8 Å². The van der Waals surface area contributed by atoms with Gasteiger partial charge in [-0.1, -0.05) is 57.0 Å². The van der Waals surface area contributed by atoms with Crippen LogP contribution in [0.2, 0.25) is 0 Å². The van der Waals surface area contributed by atoms with Crippen molar-refractivity contribution in [3.05, 3.63) is 58.9 Å². The van der Waals surface area contributed by atoms with Crippen molar-refractivity contribution < 1.29 is 4.39 Å². The summed E-state index contributed by atoms with van der Waals surface area (Å²) in [6, 6.07) is 12.1. The Labute approximate surface area is 121 Å². The lowest BCUT2D eigenvalue weighted by Crippen LogP contribution is -1.95. The van der Waals surface area contributed by atoms with Crippen LogP contribution in [0.5, 0.6) is 0 Å². The van der Waals surface area contributed by atoms with E-state index in [4.69, 9.17) is 0 Å². The largest absolute Gasteiger partial charge is 0.207 e. The fourth-order valence-electron chi connectivity index (χ4n) is 2.59. The van der Waals surface area contributed by atoms with E-state index in [1.807, 2.05) is 12.1 Å². The molecule has 0 saturated carbocycles. The first-order chi connectivity index (χ1) is 9.65. The molecule has 2 aromatic carbocycles. The van der Waals surface area contributed by atoms with Gasteiger partial charge in [-0.05, 0) is 53.6 Å². The van der Waals surface area contributed by atoms with Crippen molar-refractivity contribution in [1.29, 1.82) is 0 Å². The summed E-state index contributed by atoms with van der Waals surface area (Å²) in [6.07, 6.45) is 4.52. The molecular weight excluding hydrogens is 247 g/mol. The van der Waals surface area contributed by atoms with Gasteiger partial charge in [-0.3, -0.25) is 0 Å². The molecule has 0 radical (unpaired) electrons. The second kappa shape index (κ2) is 6.69. The van der Waals surface area contributed by atoms with Gasteiger partial charge in [0.25, 0.3) is 0 Å². The van der Waals surface area contributed by atoms with Gasteiger partial charge in [0.05, 0.1) is 0 Å². The number of benzene rings is 2. The maximum Gasteiger partial charge on any atom is 0.126 e. The van der Waals surface area contributed by atoms with E-state index >= 15 is 0 Å². The molecule has 0 spiro atoms. The molecule has 0 unspecified atom stereocenters. The summed E-state index contributed by atoms with van der Waals surface area (Å²) in [5.74, 6) is -0.128. The summed E-state index contributed by atoms with van der Waals surface area (Å²) >= 11 is 0. The zero-order valence-electron chi connectivity index (χ0n) is 12.7. The molecule has 0 N–H and O–H groups in total. The lowest BCUT2D eigenvalue weighted by molar-refractivity contribution is 0.619. The number of hydrogen-bond acceptors (Lipinski definition) is 0. The summed E-state index contributed by atoms with van der Waals surface area (Å²) in [7, 11) is 0. The van der Waals surface area contributed by atoms with Gasteiger partial charge in [-0.25, -0.2) is 4.39 Å². The van der Waals surface area contributed by atoms with Gasteiger partial charge >= 0.3 is 0 Å². The predicted octanol–water partition coefficient (Wildman–Crippen LogP) is 5.71. The molecule has 0 bridgehead atoms. The van der Waals surface area contributed by atoms with Gasteiger partial charge < -0.3 is 0 Å². The van der Waals surface area contributed by atoms with Crippen molar-refractivity contribution in [3.63, 3.8) is 0 Å². The number of halogens is 1. The molecule has 106 valence electrons. The fraction of sp³-hybridized carbons (Fsp3) is 0.368. The van der Waals surface area contributed by atoms with Gasteiger partial charge in [0.2, 0.25) is 0 Å². The molecule has 0 aliphatic heterocycles. The third kappa shape index (κ3) is 3.27. The van der Waals surface area contributed by atoms with Crippen LogP contribution >= 0.6 is 0 Å². The Morgan fingerprint density at radius 2 is 1.40 bits per heavy atom. The minimum atomic E-state index is -0.128. The molecule has 0 amide bonds. The third-order valence-electron chi connectivity index (χ3n) is 3.75. The van der Waals surface area contributed by atoms with Crippen LogP contribution in [-0.2, 0) is 12.8 Å². The van der Waals surface area contributed by atoms with Crippen molar-refractivity contribution in [2.75, 3.05) is 0 Å². The summed E-state index contributed by atoms with van der Waals surface area (Å²) in [4.78, 5) is 0. The van der Waals surface area contributed by atoms with Gasteiger partial charge in [0, 0.05) is 0 Å². The zero-order chi connectivity index (χ0) is 14.5. The maximum absolute atomic E-state index is 13.7. The highest BCUT2D eigenvalue weighted by atomic mass is 19.1. The van der Waals surface area contributed by atoms with Crippen molar-refractivity contribution in [2.24, 2.45) is 0 Å². The van der Waals surface area contributed by atoms with Crippen LogP contribution in [-0.4, -0.2) is 0 Å². The van der Waals surface area contributed by atoms with Crippen LogP contribution in [0.1, 0.15) is 43.4 Å². The van der Waals surface area contributed by atoms with Gasteiger partial charge in [0.1, 0.15) is 5.82 Å². The summed E-state index contributed by atoms with van der Waals surface area (Å²) in [6.45, 7) is 6.21. The Bertz CT molecular complexity index is 584. The van der Waals surface area contributed by atoms with Crippen LogP contribution in [0.15, 0.2) is 36.4 Å². The van der Waals surface area contributed by atoms with Crippen molar-refractivity contribution in [3.8, 4) is 11.1 Å². The fourth-order valence-corrected chi connectivity index (χ4v) is 2.59. The zero-order valence-corrected chi connectivity index (χ0v) is 12.7. The minimum absolute atomic E-state index is 0.128. The van der Waals surface area contributed by atoms with Gasteiger partial charge in [-0.2, -0.15) is 0 Å². The highest BCUT2D eigenvalue weighted by molar-refractivity contribution is 5.65. The monoisotopic (exact) mass is 270 g/mol. The van der Waals surface area contributed by atoms with Crippen LogP contribution in [0.3, 0.4) is 0 Å². The predicted molar refractivity (Wildman–Crippen MR) is 84.6 cm³/mol. The average molecular weight is 270 g/mol. The van der Waals surface area contributed by atoms with E-state index in [9.17, 15) is 4.39 Å². The topological polar surface area (TPSA) is 0 Å². The van der Waals surface area contributed by atoms with E-state index in [2.05, 4.69) is 32.0 Å². The van der Waals surface area contributed by atoms with Crippen molar-refractivity contribution in [1.82, 2.24) is 0 Å². The van der Waals surface area contributed by atoms with Crippen LogP contribution in [0.4, 0.5) is 4.39 Å². The van der Waals surface area contributed by atoms with Crippen LogP contribution in [0.25, 0.3) is 11.1 Å². The molecule has 1 heteroatoms. The standard InChI is InChI=1S/C19H23F/c1-4-6-15-10-11-17(12-16(15)7-5-2)18-9-8-14(3)19(20)13-18/h8-13H,4-7H2,1-3H3. The number of hydrogen-bond donors (Lipinski definition) is 0. The van der Waals surface area contributed by atoms with E-state index in [1.165, 1.54) is 11.1 Å². The highest BCUT2D eigenvalue weighted by Crippen LogP contribution is 2.25. The Morgan fingerprint density at radius 3 is 2.05 bits per heavy atom. The van der Waals surface area contributed by atoms with Crippen LogP contribution < -0.4 is 0 Å². The van der Waals surface area contributed by atoms with E-state index in [-0.39, 0.29) is 5.82 Å². The molecular formula is C19H23F. The molecule has 20 heavy (non-hydrogen) atoms. The summed E-state index contributed by atoms with van der Waals surface area (Å²) in [5, 5.41) is 0. The van der Waals surface area contributed by atoms with Crippen LogP contribution in [0, 0.1) is 12.7 Å². The molecule has 0 heterocycles. The Balaban J connectivity index is 2.41. The molecule has 0 aliphatic rings. The first kappa shape index (κ1) is 14.8. The normalized spacial score (nSPS) is 10.8. The van der Waals surface area contributed by atoms with E-state index < -0.39 is 0 Å². The molecule has 2 rings (SSSR count). The maximum atomic E-state index is 13.7. The molecule has 0 saturated heterocycles. The molecule has 0 atom stereocenters. The van der Waals surface area contributed by atoms with Gasteiger partial charge in [0.15, 0.2) is 0 Å². The van der Waals surface area contributed by atoms with E-state index in [1.54, 1.807) is 13.0 Å². The molecule has 2 aromatic rings. The summed E-state index contributed by atoms with van der Waals surface area (Å²) < 4.78 is 13.7. The SMILES string of the molecule is CCCc1ccc(-c2ccc(C)c(F)c2)cc1CCC. The van der Waals surface area contributed by atoms with Crippen molar-refractivity contribution >= 4 is 0 Å². The summed E-state index contributed by atoms with van der Waals surface area (Å²) in [5.41, 5.74) is 5.63. The van der Waals surface area contributed by atoms with Crippen molar-refractivity contribution in [2.45, 2.75) is 46.5 Å². The second-order valence-electron chi connectivity index (χ2n) is 5.45. The molecule has 0 aliphatic carbocycles. The number of aryl methyl sites for hydroxylation is 3. The average Bonchev–Trinajstić information content (AvgIpc) is 2.44. The Kier molecular flexibility index (Phi) is 4.94. The third-order valence-corrected chi connectivity index (χ3v) is 3.75.